The zero-order chi connectivity index (χ0) is 13.5. The molecule has 1 rings (SSSR count). The average Bonchev–Trinajstić information content (AvgIpc) is 2.36. The van der Waals surface area contributed by atoms with Crippen molar-refractivity contribution in [3.8, 4) is 0 Å². The lowest BCUT2D eigenvalue weighted by atomic mass is 10.1. The molecule has 18 heavy (non-hydrogen) atoms. The zero-order valence-electron chi connectivity index (χ0n) is 11.1. The fourth-order valence-corrected chi connectivity index (χ4v) is 1.98. The van der Waals surface area contributed by atoms with Crippen molar-refractivity contribution in [1.82, 2.24) is 5.32 Å². The molecule has 2 N–H and O–H groups in total. The topological polar surface area (TPSA) is 49.3 Å². The predicted octanol–water partition coefficient (Wildman–Crippen LogP) is 2.30. The zero-order valence-corrected chi connectivity index (χ0v) is 12.0. The van der Waals surface area contributed by atoms with E-state index in [1.54, 1.807) is 11.8 Å². The predicted molar refractivity (Wildman–Crippen MR) is 76.8 cm³/mol. The Balaban J connectivity index is 2.51. The Hall–Kier alpha value is -1.00. The quantitative estimate of drug-likeness (QED) is 0.831. The number of aliphatic hydroxyl groups is 1. The molecule has 1 atom stereocenters. The molecule has 0 aliphatic rings. The van der Waals surface area contributed by atoms with Crippen molar-refractivity contribution >= 4 is 17.7 Å². The first-order valence-electron chi connectivity index (χ1n) is 6.08. The standard InChI is InChI=1S/C14H21NO2S/c1-10(2)13(16)8-15-14(17)12-6-4-11(5-7-12)9-18-3/h4-7,10,13,16H,8-9H2,1-3H3,(H,15,17). The summed E-state index contributed by atoms with van der Waals surface area (Å²) in [5, 5.41) is 12.4. The molecule has 1 aromatic rings. The summed E-state index contributed by atoms with van der Waals surface area (Å²) in [4.78, 5) is 11.8. The van der Waals surface area contributed by atoms with E-state index in [0.717, 1.165) is 5.75 Å². The summed E-state index contributed by atoms with van der Waals surface area (Å²) in [6.45, 7) is 4.14. The summed E-state index contributed by atoms with van der Waals surface area (Å²) >= 11 is 1.75. The van der Waals surface area contributed by atoms with Gasteiger partial charge in [-0.2, -0.15) is 11.8 Å². The number of rotatable bonds is 6. The van der Waals surface area contributed by atoms with Crippen LogP contribution in [0.15, 0.2) is 24.3 Å². The fourth-order valence-electron chi connectivity index (χ4n) is 1.45. The monoisotopic (exact) mass is 267 g/mol. The number of carbonyl (C=O) groups is 1. The maximum atomic E-state index is 11.8. The minimum atomic E-state index is -0.496. The minimum Gasteiger partial charge on any atom is -0.391 e. The van der Waals surface area contributed by atoms with Crippen LogP contribution in [-0.4, -0.2) is 29.9 Å². The molecule has 0 saturated carbocycles. The Morgan fingerprint density at radius 2 is 1.94 bits per heavy atom. The first kappa shape index (κ1) is 15.1. The van der Waals surface area contributed by atoms with Gasteiger partial charge in [-0.15, -0.1) is 0 Å². The van der Waals surface area contributed by atoms with Crippen molar-refractivity contribution < 1.29 is 9.90 Å². The van der Waals surface area contributed by atoms with Crippen LogP contribution in [0.2, 0.25) is 0 Å². The van der Waals surface area contributed by atoms with Gasteiger partial charge in [0.25, 0.3) is 5.91 Å². The lowest BCUT2D eigenvalue weighted by molar-refractivity contribution is 0.0871. The molecule has 0 radical (unpaired) electrons. The van der Waals surface area contributed by atoms with Crippen molar-refractivity contribution in [2.24, 2.45) is 5.92 Å². The minimum absolute atomic E-state index is 0.134. The molecule has 100 valence electrons. The summed E-state index contributed by atoms with van der Waals surface area (Å²) in [5.41, 5.74) is 1.84. The van der Waals surface area contributed by atoms with E-state index in [4.69, 9.17) is 0 Å². The summed E-state index contributed by atoms with van der Waals surface area (Å²) < 4.78 is 0. The molecule has 0 aliphatic carbocycles. The van der Waals surface area contributed by atoms with Crippen LogP contribution in [0.5, 0.6) is 0 Å². The first-order chi connectivity index (χ1) is 8.54. The maximum absolute atomic E-state index is 11.8. The van der Waals surface area contributed by atoms with Crippen LogP contribution in [0, 0.1) is 5.92 Å². The van der Waals surface area contributed by atoms with E-state index in [9.17, 15) is 9.90 Å². The summed E-state index contributed by atoms with van der Waals surface area (Å²) in [6.07, 6.45) is 1.55. The lowest BCUT2D eigenvalue weighted by Crippen LogP contribution is -2.34. The third-order valence-electron chi connectivity index (χ3n) is 2.77. The summed E-state index contributed by atoms with van der Waals surface area (Å²) in [6, 6.07) is 7.57. The SMILES string of the molecule is CSCc1ccc(C(=O)NCC(O)C(C)C)cc1. The number of carbonyl (C=O) groups excluding carboxylic acids is 1. The Labute approximate surface area is 113 Å². The fraction of sp³-hybridized carbons (Fsp3) is 0.500. The van der Waals surface area contributed by atoms with E-state index in [2.05, 4.69) is 5.32 Å². The third-order valence-corrected chi connectivity index (χ3v) is 3.39. The van der Waals surface area contributed by atoms with E-state index in [-0.39, 0.29) is 11.8 Å². The first-order valence-corrected chi connectivity index (χ1v) is 7.48. The van der Waals surface area contributed by atoms with Crippen molar-refractivity contribution in [1.29, 1.82) is 0 Å². The van der Waals surface area contributed by atoms with Gasteiger partial charge in [0.1, 0.15) is 0 Å². The smallest absolute Gasteiger partial charge is 0.251 e. The van der Waals surface area contributed by atoms with Crippen molar-refractivity contribution in [3.05, 3.63) is 35.4 Å². The van der Waals surface area contributed by atoms with E-state index in [1.807, 2.05) is 44.4 Å². The molecule has 0 aromatic heterocycles. The van der Waals surface area contributed by atoms with Crippen LogP contribution in [0.3, 0.4) is 0 Å². The number of hydrogen-bond donors (Lipinski definition) is 2. The van der Waals surface area contributed by atoms with Crippen LogP contribution < -0.4 is 5.32 Å². The molecule has 0 bridgehead atoms. The lowest BCUT2D eigenvalue weighted by Gasteiger charge is -2.15. The van der Waals surface area contributed by atoms with Gasteiger partial charge in [0.15, 0.2) is 0 Å². The van der Waals surface area contributed by atoms with Crippen molar-refractivity contribution in [3.63, 3.8) is 0 Å². The van der Waals surface area contributed by atoms with Crippen molar-refractivity contribution in [2.45, 2.75) is 25.7 Å². The second-order valence-electron chi connectivity index (χ2n) is 4.65. The van der Waals surface area contributed by atoms with Gasteiger partial charge >= 0.3 is 0 Å². The molecule has 0 spiro atoms. The molecule has 4 heteroatoms. The summed E-state index contributed by atoms with van der Waals surface area (Å²) in [7, 11) is 0. The van der Waals surface area contributed by atoms with E-state index in [1.165, 1.54) is 5.56 Å². The average molecular weight is 267 g/mol. The molecule has 1 amide bonds. The Bertz CT molecular complexity index is 376. The van der Waals surface area contributed by atoms with E-state index in [0.29, 0.717) is 12.1 Å². The number of aliphatic hydroxyl groups excluding tert-OH is 1. The highest BCUT2D eigenvalue weighted by atomic mass is 32.2. The molecular weight excluding hydrogens is 246 g/mol. The third kappa shape index (κ3) is 4.70. The van der Waals surface area contributed by atoms with Gasteiger partial charge in [-0.3, -0.25) is 4.79 Å². The second-order valence-corrected chi connectivity index (χ2v) is 5.52. The molecule has 1 unspecified atom stereocenters. The highest BCUT2D eigenvalue weighted by Gasteiger charge is 2.11. The number of nitrogens with one attached hydrogen (secondary N) is 1. The molecular formula is C14H21NO2S. The summed E-state index contributed by atoms with van der Waals surface area (Å²) in [5.74, 6) is 0.966. The van der Waals surface area contributed by atoms with Crippen LogP contribution >= 0.6 is 11.8 Å². The molecule has 0 saturated heterocycles. The Morgan fingerprint density at radius 1 is 1.33 bits per heavy atom. The van der Waals surface area contributed by atoms with Crippen LogP contribution in [0.25, 0.3) is 0 Å². The van der Waals surface area contributed by atoms with E-state index >= 15 is 0 Å². The Kier molecular flexibility index (Phi) is 6.22. The van der Waals surface area contributed by atoms with Crippen LogP contribution in [0.1, 0.15) is 29.8 Å². The largest absolute Gasteiger partial charge is 0.391 e. The maximum Gasteiger partial charge on any atom is 0.251 e. The van der Waals surface area contributed by atoms with Gasteiger partial charge < -0.3 is 10.4 Å². The molecule has 0 heterocycles. The van der Waals surface area contributed by atoms with Gasteiger partial charge in [-0.25, -0.2) is 0 Å². The molecule has 0 aliphatic heterocycles. The molecule has 0 fully saturated rings. The number of benzene rings is 1. The number of amides is 1. The normalized spacial score (nSPS) is 12.5. The van der Waals surface area contributed by atoms with Crippen LogP contribution in [0.4, 0.5) is 0 Å². The van der Waals surface area contributed by atoms with Gasteiger partial charge in [-0.1, -0.05) is 26.0 Å². The highest BCUT2D eigenvalue weighted by Crippen LogP contribution is 2.10. The second kappa shape index (κ2) is 7.44. The van der Waals surface area contributed by atoms with E-state index < -0.39 is 6.10 Å². The van der Waals surface area contributed by atoms with Crippen LogP contribution in [-0.2, 0) is 5.75 Å². The Morgan fingerprint density at radius 3 is 2.44 bits per heavy atom. The molecule has 1 aromatic carbocycles. The number of hydrogen-bond acceptors (Lipinski definition) is 3. The molecule has 3 nitrogen and oxygen atoms in total. The highest BCUT2D eigenvalue weighted by molar-refractivity contribution is 7.97. The van der Waals surface area contributed by atoms with Gasteiger partial charge in [0.05, 0.1) is 6.10 Å². The number of thioether (sulfide) groups is 1. The van der Waals surface area contributed by atoms with Gasteiger partial charge in [0, 0.05) is 17.9 Å². The van der Waals surface area contributed by atoms with Gasteiger partial charge in [0.2, 0.25) is 0 Å². The van der Waals surface area contributed by atoms with Gasteiger partial charge in [-0.05, 0) is 29.9 Å². The van der Waals surface area contributed by atoms with Crippen molar-refractivity contribution in [2.75, 3.05) is 12.8 Å².